The van der Waals surface area contributed by atoms with Crippen molar-refractivity contribution in [1.82, 2.24) is 0 Å². The smallest absolute Gasteiger partial charge is 0.0915 e. The first kappa shape index (κ1) is 86.0. The molecule has 4 rings (SSSR count). The summed E-state index contributed by atoms with van der Waals surface area (Å²) < 4.78 is 0. The summed E-state index contributed by atoms with van der Waals surface area (Å²) in [5.74, 6) is 56.5. The topological polar surface area (TPSA) is 26.0 Å². The predicted molar refractivity (Wildman–Crippen MR) is 356 cm³/mol. The number of benzene rings is 3. The third-order valence-electron chi connectivity index (χ3n) is 8.19. The molecule has 1 aliphatic carbocycles. The molecule has 1 heteroatoms. The fraction of sp³-hybridized carbons (Fsp3) is 0.351. The second kappa shape index (κ2) is 68.3. The number of allylic oxidation sites excluding steroid dienone is 10. The van der Waals surface area contributed by atoms with Gasteiger partial charge in [-0.2, -0.15) is 0 Å². The van der Waals surface area contributed by atoms with Gasteiger partial charge in [-0.3, -0.25) is 0 Å². The van der Waals surface area contributed by atoms with E-state index in [4.69, 9.17) is 5.73 Å². The number of hydrogen-bond acceptors (Lipinski definition) is 1. The molecular weight excluding hydrogens is 939 g/mol. The molecule has 3 aromatic rings. The Morgan fingerprint density at radius 1 is 0.346 bits per heavy atom. The van der Waals surface area contributed by atoms with E-state index in [-0.39, 0.29) is 0 Å². The summed E-state index contributed by atoms with van der Waals surface area (Å²) in [4.78, 5) is 0. The first-order chi connectivity index (χ1) is 38.1. The van der Waals surface area contributed by atoms with E-state index in [1.807, 2.05) is 240 Å². The predicted octanol–water partition coefficient (Wildman–Crippen LogP) is 19.5. The van der Waals surface area contributed by atoms with E-state index in [0.717, 1.165) is 85.2 Å². The first-order valence-electron chi connectivity index (χ1n) is 27.8. The van der Waals surface area contributed by atoms with Crippen LogP contribution in [0.15, 0.2) is 124 Å². The Balaban J connectivity index is -0.000000330. The van der Waals surface area contributed by atoms with Gasteiger partial charge in [-0.05, 0) is 146 Å². The molecule has 0 amide bonds. The largest absolute Gasteiger partial charge is 0.391 e. The Morgan fingerprint density at radius 2 is 0.590 bits per heavy atom. The van der Waals surface area contributed by atoms with E-state index < -0.39 is 0 Å². The van der Waals surface area contributed by atoms with Crippen molar-refractivity contribution in [2.75, 3.05) is 0 Å². The van der Waals surface area contributed by atoms with Crippen LogP contribution in [0.4, 0.5) is 0 Å². The van der Waals surface area contributed by atoms with E-state index >= 15 is 0 Å². The van der Waals surface area contributed by atoms with Crippen LogP contribution >= 0.6 is 0 Å². The zero-order valence-corrected chi connectivity index (χ0v) is 53.4. The molecule has 0 aromatic heterocycles. The van der Waals surface area contributed by atoms with Crippen LogP contribution in [0.3, 0.4) is 0 Å². The average molecular weight is 1040 g/mol. The van der Waals surface area contributed by atoms with Crippen molar-refractivity contribution in [2.45, 2.75) is 186 Å². The van der Waals surface area contributed by atoms with Crippen molar-refractivity contribution in [1.29, 1.82) is 0 Å². The molecule has 0 spiro atoms. The van der Waals surface area contributed by atoms with Crippen LogP contribution in [-0.4, -0.2) is 0 Å². The normalized spacial score (nSPS) is 9.17. The third-order valence-corrected chi connectivity index (χ3v) is 8.19. The van der Waals surface area contributed by atoms with E-state index in [0.29, 0.717) is 5.70 Å². The van der Waals surface area contributed by atoms with Crippen molar-refractivity contribution < 1.29 is 0 Å². The minimum absolute atomic E-state index is 0.362. The molecule has 2 N–H and O–H groups in total. The summed E-state index contributed by atoms with van der Waals surface area (Å²) in [6.45, 7) is 49.4. The van der Waals surface area contributed by atoms with Gasteiger partial charge in [0.2, 0.25) is 0 Å². The molecule has 78 heavy (non-hydrogen) atoms. The molecule has 0 unspecified atom stereocenters. The van der Waals surface area contributed by atoms with Crippen molar-refractivity contribution in [3.8, 4) is 132 Å². The second-order valence-electron chi connectivity index (χ2n) is 12.6. The Bertz CT molecular complexity index is 2860. The van der Waals surface area contributed by atoms with Crippen molar-refractivity contribution >= 4 is 0 Å². The lowest BCUT2D eigenvalue weighted by Crippen LogP contribution is -1.92. The highest BCUT2D eigenvalue weighted by atomic mass is 14.5. The third kappa shape index (κ3) is 44.8. The summed E-state index contributed by atoms with van der Waals surface area (Å²) in [6.07, 6.45) is 23.5. The highest BCUT2D eigenvalue weighted by Crippen LogP contribution is 2.17. The minimum Gasteiger partial charge on any atom is -0.391 e. The number of terminal acetylenes is 2. The summed E-state index contributed by atoms with van der Waals surface area (Å²) >= 11 is 0. The molecule has 1 aliphatic rings. The van der Waals surface area contributed by atoms with Crippen LogP contribution in [-0.2, 0) is 0 Å². The highest BCUT2D eigenvalue weighted by molar-refractivity contribution is 5.57. The number of nitrogens with two attached hydrogens (primary N) is 1. The standard InChI is InChI=1S/C55H41N.9C2H6.2C2H2/c1-8-12-46-25-31-49(32-26-46)21-17-42(4)44(6)19-23-53-39-52(15-11-16-55(56)38-37-51-35-29-48(14-10-3)30-36-51)40-54(41-53)24-20-45(7)43(5)18-22-50-33-27-47(13-9-2)28-34-50;11*1-2/h16,25-27,29-33,35-36,39-41H,28,34,56H2,1-7H3;9*1-2H3;2*1-2H/b44-42+,45-43+,55-16-;;;;;;;;;;;. The molecule has 0 fully saturated rings. The van der Waals surface area contributed by atoms with E-state index in [2.05, 4.69) is 144 Å². The van der Waals surface area contributed by atoms with Crippen LogP contribution in [0, 0.1) is 132 Å². The van der Waals surface area contributed by atoms with Crippen molar-refractivity contribution in [2.24, 2.45) is 5.73 Å². The molecule has 0 bridgehead atoms. The monoisotopic (exact) mass is 1040 g/mol. The van der Waals surface area contributed by atoms with Gasteiger partial charge in [0.05, 0.1) is 5.70 Å². The molecule has 0 atom stereocenters. The van der Waals surface area contributed by atoms with Crippen LogP contribution in [0.2, 0.25) is 0 Å². The molecule has 0 radical (unpaired) electrons. The Kier molecular flexibility index (Phi) is 75.4. The first-order valence-corrected chi connectivity index (χ1v) is 27.8. The van der Waals surface area contributed by atoms with Crippen LogP contribution in [0.1, 0.15) is 225 Å². The fourth-order valence-corrected chi connectivity index (χ4v) is 4.84. The molecule has 0 saturated carbocycles. The number of rotatable bonds is 0. The lowest BCUT2D eigenvalue weighted by atomic mass is 9.98. The Hall–Kier alpha value is -8.68. The van der Waals surface area contributed by atoms with Crippen molar-refractivity contribution in [3.63, 3.8) is 0 Å². The lowest BCUT2D eigenvalue weighted by molar-refractivity contribution is 0.967. The summed E-state index contributed by atoms with van der Waals surface area (Å²) in [5, 5.41) is 0. The molecular formula is C77H99N. The molecule has 0 heterocycles. The molecule has 1 nitrogen and oxygen atoms in total. The van der Waals surface area contributed by atoms with Gasteiger partial charge >= 0.3 is 0 Å². The summed E-state index contributed by atoms with van der Waals surface area (Å²) in [5.41, 5.74) is 18.4. The van der Waals surface area contributed by atoms with Gasteiger partial charge in [0.25, 0.3) is 0 Å². The summed E-state index contributed by atoms with van der Waals surface area (Å²) in [7, 11) is 0. The van der Waals surface area contributed by atoms with Gasteiger partial charge in [-0.1, -0.05) is 208 Å². The van der Waals surface area contributed by atoms with E-state index in [1.165, 1.54) is 0 Å². The Labute approximate surface area is 484 Å². The second-order valence-corrected chi connectivity index (χ2v) is 12.6. The van der Waals surface area contributed by atoms with Gasteiger partial charge in [0.1, 0.15) is 0 Å². The average Bonchev–Trinajstić information content (AvgIpc) is 3.52. The highest BCUT2D eigenvalue weighted by Gasteiger charge is 2.03. The molecule has 0 saturated heterocycles. The van der Waals surface area contributed by atoms with Crippen LogP contribution < -0.4 is 5.73 Å². The van der Waals surface area contributed by atoms with Gasteiger partial charge in [0.15, 0.2) is 0 Å². The Morgan fingerprint density at radius 3 is 0.885 bits per heavy atom. The van der Waals surface area contributed by atoms with E-state index in [9.17, 15) is 0 Å². The maximum atomic E-state index is 6.18. The quantitative estimate of drug-likeness (QED) is 0.223. The van der Waals surface area contributed by atoms with Gasteiger partial charge in [0, 0.05) is 78.5 Å². The lowest BCUT2D eigenvalue weighted by Gasteiger charge is -2.05. The van der Waals surface area contributed by atoms with E-state index in [1.54, 1.807) is 6.08 Å². The van der Waals surface area contributed by atoms with Gasteiger partial charge in [-0.15, -0.1) is 43.5 Å². The number of hydrogen-bond donors (Lipinski definition) is 1. The maximum Gasteiger partial charge on any atom is 0.0915 e. The van der Waals surface area contributed by atoms with Gasteiger partial charge < -0.3 is 5.73 Å². The molecule has 412 valence electrons. The van der Waals surface area contributed by atoms with Crippen LogP contribution in [0.5, 0.6) is 0 Å². The zero-order valence-electron chi connectivity index (χ0n) is 53.4. The van der Waals surface area contributed by atoms with Crippen LogP contribution in [0.25, 0.3) is 0 Å². The van der Waals surface area contributed by atoms with Gasteiger partial charge in [-0.25, -0.2) is 0 Å². The fourth-order valence-electron chi connectivity index (χ4n) is 4.84. The van der Waals surface area contributed by atoms with Crippen molar-refractivity contribution in [3.05, 3.63) is 163 Å². The SMILES string of the molecule is C#C.C#C.CC.CC.CC.CC.CC.CC.CC.CC.CC.CC#CC1=CC=C(C#C/C(C)=C(\C)C#Cc2cc(C#C/C=C(\N)C#Cc3ccc(C#CC)cc3)cc(C#C/C(C)=C(\C)C#Cc3ccc(C#CC)cc3)c2)CC1. The zero-order chi connectivity index (χ0) is 62.1. The molecule has 3 aromatic carbocycles. The minimum atomic E-state index is 0.362. The maximum absolute atomic E-state index is 6.18. The summed E-state index contributed by atoms with van der Waals surface area (Å²) in [6, 6.07) is 21.5. The molecule has 0 aliphatic heterocycles.